The number of aromatic nitrogens is 1. The van der Waals surface area contributed by atoms with Crippen LogP contribution in [0.3, 0.4) is 0 Å². The highest BCUT2D eigenvalue weighted by atomic mass is 32.5. The molecule has 0 spiro atoms. The topological polar surface area (TPSA) is 22.1 Å². The van der Waals surface area contributed by atoms with Crippen LogP contribution < -0.4 is 4.74 Å². The van der Waals surface area contributed by atoms with Gasteiger partial charge in [-0.25, -0.2) is 4.98 Å². The van der Waals surface area contributed by atoms with Gasteiger partial charge < -0.3 is 4.74 Å². The normalized spacial score (nSPS) is 14.3. The first-order valence-corrected chi connectivity index (χ1v) is 10.8. The van der Waals surface area contributed by atoms with Crippen LogP contribution in [0.5, 0.6) is 11.6 Å². The molecule has 0 N–H and O–H groups in total. The molecule has 2 aromatic carbocycles. The van der Waals surface area contributed by atoms with Gasteiger partial charge in [-0.2, -0.15) is 0 Å². The first kappa shape index (κ1) is 19.5. The highest BCUT2D eigenvalue weighted by Gasteiger charge is 2.65. The van der Waals surface area contributed by atoms with E-state index in [4.69, 9.17) is 4.74 Å². The van der Waals surface area contributed by atoms with Gasteiger partial charge in [-0.05, 0) is 60.4 Å². The van der Waals surface area contributed by atoms with Crippen molar-refractivity contribution in [1.82, 2.24) is 4.98 Å². The van der Waals surface area contributed by atoms with Gasteiger partial charge in [0.15, 0.2) is 0 Å². The van der Waals surface area contributed by atoms with E-state index < -0.39 is 15.1 Å². The number of halogens is 5. The second-order valence-corrected chi connectivity index (χ2v) is 8.92. The zero-order valence-electron chi connectivity index (χ0n) is 13.9. The van der Waals surface area contributed by atoms with Crippen LogP contribution in [0.4, 0.5) is 19.4 Å². The van der Waals surface area contributed by atoms with Gasteiger partial charge in [0.2, 0.25) is 5.88 Å². The van der Waals surface area contributed by atoms with Crippen LogP contribution in [-0.2, 0) is 0 Å². The zero-order valence-corrected chi connectivity index (χ0v) is 15.5. The third kappa shape index (κ3) is 4.72. The highest BCUT2D eigenvalue weighted by Crippen LogP contribution is 3.02. The maximum absolute atomic E-state index is 12.8. The molecule has 0 fully saturated rings. The summed E-state index contributed by atoms with van der Waals surface area (Å²) >= 11 is 1.58. The van der Waals surface area contributed by atoms with E-state index in [1.807, 2.05) is 30.5 Å². The van der Waals surface area contributed by atoms with E-state index in [0.717, 1.165) is 22.6 Å². The van der Waals surface area contributed by atoms with Crippen molar-refractivity contribution in [1.29, 1.82) is 0 Å². The summed E-state index contributed by atoms with van der Waals surface area (Å²) in [6, 6.07) is 13.3. The Morgan fingerprint density at radius 3 is 2.04 bits per heavy atom. The Morgan fingerprint density at radius 2 is 1.48 bits per heavy atom. The van der Waals surface area contributed by atoms with Crippen molar-refractivity contribution >= 4 is 22.0 Å². The minimum Gasteiger partial charge on any atom is -0.438 e. The second-order valence-electron chi connectivity index (χ2n) is 5.63. The van der Waals surface area contributed by atoms with Crippen LogP contribution in [-0.4, -0.2) is 11.2 Å². The number of hydrogen-bond donors (Lipinski definition) is 0. The lowest BCUT2D eigenvalue weighted by Crippen LogP contribution is -2.05. The van der Waals surface area contributed by atoms with Crippen molar-refractivity contribution in [2.75, 3.05) is 6.26 Å². The van der Waals surface area contributed by atoms with Crippen LogP contribution in [0, 0.1) is 0 Å². The quantitative estimate of drug-likeness (QED) is 0.310. The smallest absolute Gasteiger partial charge is 0.310 e. The van der Waals surface area contributed by atoms with E-state index in [-0.39, 0.29) is 11.6 Å². The molecule has 0 saturated carbocycles. The van der Waals surface area contributed by atoms with Gasteiger partial charge in [0, 0.05) is 16.7 Å². The van der Waals surface area contributed by atoms with E-state index in [9.17, 15) is 19.4 Å². The zero-order chi connectivity index (χ0) is 19.8. The van der Waals surface area contributed by atoms with Crippen LogP contribution in [0.25, 0.3) is 11.1 Å². The maximum Gasteiger partial charge on any atom is 0.310 e. The van der Waals surface area contributed by atoms with Gasteiger partial charge in [-0.1, -0.05) is 31.6 Å². The number of benzene rings is 2. The first-order chi connectivity index (χ1) is 12.5. The largest absolute Gasteiger partial charge is 0.438 e. The molecule has 0 radical (unpaired) electrons. The highest BCUT2D eigenvalue weighted by molar-refractivity contribution is 8.45. The number of hydrogen-bond acceptors (Lipinski definition) is 3. The lowest BCUT2D eigenvalue weighted by molar-refractivity contribution is 0.363. The predicted octanol–water partition coefficient (Wildman–Crippen LogP) is 7.92. The fourth-order valence-electron chi connectivity index (χ4n) is 2.34. The molecule has 3 rings (SSSR count). The molecule has 0 bridgehead atoms. The number of rotatable bonds is 5. The van der Waals surface area contributed by atoms with E-state index in [0.29, 0.717) is 17.7 Å². The summed E-state index contributed by atoms with van der Waals surface area (Å²) < 4.78 is 69.5. The Bertz CT molecular complexity index is 959. The number of pyridine rings is 1. The Balaban J connectivity index is 1.91. The van der Waals surface area contributed by atoms with Crippen LogP contribution in [0.1, 0.15) is 0 Å². The van der Waals surface area contributed by atoms with Crippen molar-refractivity contribution in [2.45, 2.75) is 9.79 Å². The molecule has 0 unspecified atom stereocenters. The second kappa shape index (κ2) is 6.13. The predicted molar refractivity (Wildman–Crippen MR) is 99.4 cm³/mol. The first-order valence-electron chi connectivity index (χ1n) is 7.58. The van der Waals surface area contributed by atoms with E-state index in [1.165, 1.54) is 6.20 Å². The van der Waals surface area contributed by atoms with Gasteiger partial charge in [0.1, 0.15) is 10.6 Å². The van der Waals surface area contributed by atoms with E-state index >= 15 is 0 Å². The van der Waals surface area contributed by atoms with Crippen molar-refractivity contribution in [3.05, 3.63) is 66.9 Å². The average molecular weight is 419 g/mol. The Hall–Kier alpha value is -2.26. The third-order valence-electron chi connectivity index (χ3n) is 3.66. The summed E-state index contributed by atoms with van der Waals surface area (Å²) in [4.78, 5) is 3.21. The molecule has 0 saturated heterocycles. The Morgan fingerprint density at radius 1 is 0.852 bits per heavy atom. The summed E-state index contributed by atoms with van der Waals surface area (Å²) in [6.45, 7) is 0. The van der Waals surface area contributed by atoms with E-state index in [2.05, 4.69) is 4.98 Å². The standard InChI is InChI=1S/C18H14F5NOS2/c1-26-15-8-4-13(5-9-15)17-3-2-12-24-18(17)25-14-6-10-16(11-7-14)27(19,20,21,22)23/h2-12H,1H3. The molecule has 1 aromatic heterocycles. The minimum atomic E-state index is -9.70. The van der Waals surface area contributed by atoms with Crippen molar-refractivity contribution in [2.24, 2.45) is 0 Å². The van der Waals surface area contributed by atoms with Crippen LogP contribution in [0.15, 0.2) is 76.7 Å². The summed E-state index contributed by atoms with van der Waals surface area (Å²) in [6.07, 6.45) is 3.42. The summed E-state index contributed by atoms with van der Waals surface area (Å²) in [5.41, 5.74) is 1.43. The molecule has 0 amide bonds. The number of ether oxygens (including phenoxy) is 1. The fraction of sp³-hybridized carbons (Fsp3) is 0.0556. The van der Waals surface area contributed by atoms with Gasteiger partial charge in [0.25, 0.3) is 0 Å². The Labute approximate surface area is 157 Å². The number of nitrogens with zero attached hydrogens (tertiary/aromatic N) is 1. The van der Waals surface area contributed by atoms with Gasteiger partial charge in [0.05, 0.1) is 0 Å². The molecule has 0 aliphatic rings. The van der Waals surface area contributed by atoms with E-state index in [1.54, 1.807) is 23.9 Å². The molecular formula is C18H14F5NOS2. The molecule has 27 heavy (non-hydrogen) atoms. The van der Waals surface area contributed by atoms with Crippen molar-refractivity contribution < 1.29 is 24.2 Å². The molecule has 1 heterocycles. The van der Waals surface area contributed by atoms with Gasteiger partial charge >= 0.3 is 10.2 Å². The monoisotopic (exact) mass is 419 g/mol. The molecule has 0 aliphatic carbocycles. The number of thioether (sulfide) groups is 1. The van der Waals surface area contributed by atoms with Gasteiger partial charge in [-0.15, -0.1) is 11.8 Å². The summed E-state index contributed by atoms with van der Waals surface area (Å²) in [5.74, 6) is 0.135. The lowest BCUT2D eigenvalue weighted by Gasteiger charge is -2.40. The molecule has 0 aliphatic heterocycles. The molecule has 9 heteroatoms. The van der Waals surface area contributed by atoms with Crippen LogP contribution in [0.2, 0.25) is 0 Å². The molecule has 144 valence electrons. The summed E-state index contributed by atoms with van der Waals surface area (Å²) in [5, 5.41) is 0. The molecular weight excluding hydrogens is 405 g/mol. The molecule has 3 aromatic rings. The third-order valence-corrected chi connectivity index (χ3v) is 5.56. The fourth-order valence-corrected chi connectivity index (χ4v) is 3.40. The van der Waals surface area contributed by atoms with Crippen molar-refractivity contribution in [3.8, 4) is 22.8 Å². The average Bonchev–Trinajstić information content (AvgIpc) is 2.61. The molecule has 2 nitrogen and oxygen atoms in total. The molecule has 0 atom stereocenters. The minimum absolute atomic E-state index is 0.0266. The van der Waals surface area contributed by atoms with Crippen molar-refractivity contribution in [3.63, 3.8) is 0 Å². The maximum atomic E-state index is 12.8. The van der Waals surface area contributed by atoms with Gasteiger partial charge in [-0.3, -0.25) is 0 Å². The lowest BCUT2D eigenvalue weighted by atomic mass is 10.1. The Kier molecular flexibility index (Phi) is 4.43. The summed E-state index contributed by atoms with van der Waals surface area (Å²) in [7, 11) is -9.70. The SMILES string of the molecule is CSc1ccc(-c2cccnc2Oc2ccc(S(F)(F)(F)(F)F)cc2)cc1. The van der Waals surface area contributed by atoms with Crippen LogP contribution >= 0.6 is 22.0 Å².